The third kappa shape index (κ3) is 2.68. The Labute approximate surface area is 103 Å². The molecule has 0 amide bonds. The van der Waals surface area contributed by atoms with E-state index in [2.05, 4.69) is 58.0 Å². The minimum Gasteiger partial charge on any atom is -0.457 e. The Bertz CT molecular complexity index is 541. The summed E-state index contributed by atoms with van der Waals surface area (Å²) in [6.07, 6.45) is 0. The van der Waals surface area contributed by atoms with Crippen molar-refractivity contribution in [1.82, 2.24) is 0 Å². The van der Waals surface area contributed by atoms with Crippen molar-refractivity contribution in [3.8, 4) is 11.5 Å². The van der Waals surface area contributed by atoms with Crippen LogP contribution in [0.5, 0.6) is 11.5 Å². The maximum atomic E-state index is 5.93. The number of benzene rings is 2. The van der Waals surface area contributed by atoms with E-state index in [9.17, 15) is 0 Å². The molecule has 88 valence electrons. The van der Waals surface area contributed by atoms with Crippen LogP contribution in [0.4, 0.5) is 0 Å². The maximum Gasteiger partial charge on any atom is 0.130 e. The fourth-order valence-corrected chi connectivity index (χ4v) is 1.72. The molecule has 2 aromatic rings. The minimum absolute atomic E-state index is 0.904. The molecule has 0 atom stereocenters. The quantitative estimate of drug-likeness (QED) is 0.720. The Balaban J connectivity index is 2.31. The SMILES string of the molecule is Cc1ccc(C)c(Oc2ccc(C)c(C)c2)c1. The Morgan fingerprint density at radius 3 is 2.12 bits per heavy atom. The van der Waals surface area contributed by atoms with Crippen LogP contribution in [0.25, 0.3) is 0 Å². The second kappa shape index (κ2) is 4.62. The minimum atomic E-state index is 0.904. The van der Waals surface area contributed by atoms with Crippen molar-refractivity contribution in [1.29, 1.82) is 0 Å². The van der Waals surface area contributed by atoms with E-state index < -0.39 is 0 Å². The molecule has 1 nitrogen and oxygen atoms in total. The zero-order chi connectivity index (χ0) is 12.4. The summed E-state index contributed by atoms with van der Waals surface area (Å²) in [4.78, 5) is 0. The highest BCUT2D eigenvalue weighted by atomic mass is 16.5. The van der Waals surface area contributed by atoms with Crippen LogP contribution in [-0.4, -0.2) is 0 Å². The van der Waals surface area contributed by atoms with Gasteiger partial charge in [0.25, 0.3) is 0 Å². The molecule has 0 aliphatic rings. The standard InChI is InChI=1S/C16H18O/c1-11-5-6-13(3)16(9-11)17-15-8-7-12(2)14(4)10-15/h5-10H,1-4H3. The maximum absolute atomic E-state index is 5.93. The molecule has 0 aromatic heterocycles. The van der Waals surface area contributed by atoms with Gasteiger partial charge in [-0.2, -0.15) is 0 Å². The second-order valence-electron chi connectivity index (χ2n) is 4.62. The Morgan fingerprint density at radius 2 is 1.41 bits per heavy atom. The van der Waals surface area contributed by atoms with E-state index in [1.807, 2.05) is 6.07 Å². The van der Waals surface area contributed by atoms with E-state index in [1.54, 1.807) is 0 Å². The third-order valence-corrected chi connectivity index (χ3v) is 3.05. The first-order valence-corrected chi connectivity index (χ1v) is 5.88. The van der Waals surface area contributed by atoms with Crippen LogP contribution in [0, 0.1) is 27.7 Å². The molecule has 2 rings (SSSR count). The van der Waals surface area contributed by atoms with Gasteiger partial charge in [0.1, 0.15) is 11.5 Å². The molecule has 17 heavy (non-hydrogen) atoms. The lowest BCUT2D eigenvalue weighted by atomic mass is 10.1. The van der Waals surface area contributed by atoms with Crippen LogP contribution in [0.3, 0.4) is 0 Å². The average Bonchev–Trinajstić information content (AvgIpc) is 2.29. The highest BCUT2D eigenvalue weighted by Gasteiger charge is 2.03. The lowest BCUT2D eigenvalue weighted by Crippen LogP contribution is -1.90. The first-order chi connectivity index (χ1) is 8.06. The molecule has 0 spiro atoms. The predicted molar refractivity (Wildman–Crippen MR) is 71.9 cm³/mol. The Morgan fingerprint density at radius 1 is 0.706 bits per heavy atom. The van der Waals surface area contributed by atoms with Crippen LogP contribution < -0.4 is 4.74 Å². The Hall–Kier alpha value is -1.76. The summed E-state index contributed by atoms with van der Waals surface area (Å²) >= 11 is 0. The van der Waals surface area contributed by atoms with Gasteiger partial charge in [-0.25, -0.2) is 0 Å². The summed E-state index contributed by atoms with van der Waals surface area (Å²) in [5.41, 5.74) is 4.93. The van der Waals surface area contributed by atoms with Gasteiger partial charge >= 0.3 is 0 Å². The number of hydrogen-bond donors (Lipinski definition) is 0. The van der Waals surface area contributed by atoms with Gasteiger partial charge in [0, 0.05) is 0 Å². The van der Waals surface area contributed by atoms with Crippen molar-refractivity contribution in [3.63, 3.8) is 0 Å². The fourth-order valence-electron chi connectivity index (χ4n) is 1.72. The van der Waals surface area contributed by atoms with Crippen molar-refractivity contribution in [2.24, 2.45) is 0 Å². The second-order valence-corrected chi connectivity index (χ2v) is 4.62. The fraction of sp³-hybridized carbons (Fsp3) is 0.250. The van der Waals surface area contributed by atoms with E-state index in [1.165, 1.54) is 16.7 Å². The monoisotopic (exact) mass is 226 g/mol. The smallest absolute Gasteiger partial charge is 0.130 e. The molecular weight excluding hydrogens is 208 g/mol. The van der Waals surface area contributed by atoms with Crippen LogP contribution >= 0.6 is 0 Å². The first-order valence-electron chi connectivity index (χ1n) is 5.88. The number of aryl methyl sites for hydroxylation is 4. The van der Waals surface area contributed by atoms with E-state index in [-0.39, 0.29) is 0 Å². The van der Waals surface area contributed by atoms with Gasteiger partial charge in [0.05, 0.1) is 0 Å². The van der Waals surface area contributed by atoms with E-state index in [0.717, 1.165) is 17.1 Å². The van der Waals surface area contributed by atoms with Gasteiger partial charge in [-0.3, -0.25) is 0 Å². The topological polar surface area (TPSA) is 9.23 Å². The summed E-state index contributed by atoms with van der Waals surface area (Å²) in [6, 6.07) is 12.5. The molecular formula is C16H18O. The lowest BCUT2D eigenvalue weighted by molar-refractivity contribution is 0.478. The zero-order valence-electron chi connectivity index (χ0n) is 10.9. The molecule has 0 N–H and O–H groups in total. The normalized spacial score (nSPS) is 10.4. The van der Waals surface area contributed by atoms with E-state index in [0.29, 0.717) is 0 Å². The summed E-state index contributed by atoms with van der Waals surface area (Å²) in [6.45, 7) is 8.35. The molecule has 0 aliphatic carbocycles. The predicted octanol–water partition coefficient (Wildman–Crippen LogP) is 4.71. The molecule has 0 saturated heterocycles. The van der Waals surface area contributed by atoms with Gasteiger partial charge in [-0.1, -0.05) is 18.2 Å². The summed E-state index contributed by atoms with van der Waals surface area (Å²) in [5.74, 6) is 1.84. The van der Waals surface area contributed by atoms with Gasteiger partial charge in [-0.05, 0) is 68.1 Å². The van der Waals surface area contributed by atoms with Crippen molar-refractivity contribution >= 4 is 0 Å². The molecule has 0 saturated carbocycles. The van der Waals surface area contributed by atoms with Crippen LogP contribution in [0.15, 0.2) is 36.4 Å². The van der Waals surface area contributed by atoms with Crippen molar-refractivity contribution in [2.75, 3.05) is 0 Å². The zero-order valence-corrected chi connectivity index (χ0v) is 10.9. The first kappa shape index (κ1) is 11.7. The van der Waals surface area contributed by atoms with Crippen molar-refractivity contribution < 1.29 is 4.74 Å². The number of hydrogen-bond acceptors (Lipinski definition) is 1. The van der Waals surface area contributed by atoms with Gasteiger partial charge in [0.15, 0.2) is 0 Å². The number of rotatable bonds is 2. The van der Waals surface area contributed by atoms with Gasteiger partial charge < -0.3 is 4.74 Å². The molecule has 0 bridgehead atoms. The van der Waals surface area contributed by atoms with Gasteiger partial charge in [-0.15, -0.1) is 0 Å². The highest BCUT2D eigenvalue weighted by molar-refractivity contribution is 5.41. The molecule has 2 aromatic carbocycles. The molecule has 1 heteroatoms. The van der Waals surface area contributed by atoms with Crippen LogP contribution in [0.2, 0.25) is 0 Å². The van der Waals surface area contributed by atoms with Crippen molar-refractivity contribution in [3.05, 3.63) is 58.7 Å². The lowest BCUT2D eigenvalue weighted by Gasteiger charge is -2.11. The number of ether oxygens (including phenoxy) is 1. The van der Waals surface area contributed by atoms with E-state index in [4.69, 9.17) is 4.74 Å². The van der Waals surface area contributed by atoms with Crippen LogP contribution in [0.1, 0.15) is 22.3 Å². The molecule has 0 radical (unpaired) electrons. The van der Waals surface area contributed by atoms with E-state index >= 15 is 0 Å². The highest BCUT2D eigenvalue weighted by Crippen LogP contribution is 2.27. The summed E-state index contributed by atoms with van der Waals surface area (Å²) < 4.78 is 5.93. The molecule has 0 aliphatic heterocycles. The summed E-state index contributed by atoms with van der Waals surface area (Å²) in [5, 5.41) is 0. The van der Waals surface area contributed by atoms with Gasteiger partial charge in [0.2, 0.25) is 0 Å². The molecule has 0 heterocycles. The molecule has 0 fully saturated rings. The third-order valence-electron chi connectivity index (χ3n) is 3.05. The van der Waals surface area contributed by atoms with Crippen molar-refractivity contribution in [2.45, 2.75) is 27.7 Å². The van der Waals surface area contributed by atoms with Crippen LogP contribution in [-0.2, 0) is 0 Å². The molecule has 0 unspecified atom stereocenters. The summed E-state index contributed by atoms with van der Waals surface area (Å²) in [7, 11) is 0. The Kier molecular flexibility index (Phi) is 3.19. The largest absolute Gasteiger partial charge is 0.457 e. The average molecular weight is 226 g/mol.